The van der Waals surface area contributed by atoms with Crippen molar-refractivity contribution in [1.29, 1.82) is 0 Å². The molecule has 20 heavy (non-hydrogen) atoms. The highest BCUT2D eigenvalue weighted by Gasteiger charge is 2.16. The van der Waals surface area contributed by atoms with Crippen molar-refractivity contribution in [3.8, 4) is 0 Å². The zero-order chi connectivity index (χ0) is 13.9. The molecule has 2 aromatic rings. The van der Waals surface area contributed by atoms with Crippen molar-refractivity contribution in [2.45, 2.75) is 25.7 Å². The van der Waals surface area contributed by atoms with Crippen LogP contribution in [0.15, 0.2) is 36.4 Å². The normalized spacial score (nSPS) is 15.0. The molecule has 0 aliphatic heterocycles. The van der Waals surface area contributed by atoms with E-state index in [1.54, 1.807) is 0 Å². The van der Waals surface area contributed by atoms with Crippen molar-refractivity contribution < 1.29 is 0 Å². The SMILES string of the molecule is NC(=S)c1ccc(NCCC2CCC2)c2ccccc12. The summed E-state index contributed by atoms with van der Waals surface area (Å²) in [6.45, 7) is 1.04. The number of thiocarbonyl (C=S) groups is 1. The van der Waals surface area contributed by atoms with E-state index in [9.17, 15) is 0 Å². The molecule has 0 saturated heterocycles. The Bertz CT molecular complexity index is 632. The standard InChI is InChI=1S/C17H20N2S/c18-17(20)15-8-9-16(14-7-2-1-6-13(14)15)19-11-10-12-4-3-5-12/h1-2,6-9,12,19H,3-5,10-11H2,(H2,18,20). The van der Waals surface area contributed by atoms with E-state index in [1.165, 1.54) is 36.8 Å². The molecular weight excluding hydrogens is 264 g/mol. The second-order valence-corrected chi connectivity index (χ2v) is 6.02. The summed E-state index contributed by atoms with van der Waals surface area (Å²) in [5, 5.41) is 5.90. The van der Waals surface area contributed by atoms with Gasteiger partial charge in [0.25, 0.3) is 0 Å². The molecule has 104 valence electrons. The van der Waals surface area contributed by atoms with Crippen molar-refractivity contribution in [1.82, 2.24) is 0 Å². The van der Waals surface area contributed by atoms with Gasteiger partial charge in [-0.3, -0.25) is 0 Å². The summed E-state index contributed by atoms with van der Waals surface area (Å²) in [6, 6.07) is 12.4. The van der Waals surface area contributed by atoms with Gasteiger partial charge in [0.05, 0.1) is 0 Å². The quantitative estimate of drug-likeness (QED) is 0.813. The first-order chi connectivity index (χ1) is 9.75. The number of nitrogens with one attached hydrogen (secondary N) is 1. The molecule has 0 heterocycles. The van der Waals surface area contributed by atoms with Crippen LogP contribution in [0.3, 0.4) is 0 Å². The number of hydrogen-bond donors (Lipinski definition) is 2. The first-order valence-corrected chi connectivity index (χ1v) is 7.72. The summed E-state index contributed by atoms with van der Waals surface area (Å²) in [5.41, 5.74) is 7.95. The van der Waals surface area contributed by atoms with Gasteiger partial charge in [-0.2, -0.15) is 0 Å². The number of hydrogen-bond acceptors (Lipinski definition) is 2. The van der Waals surface area contributed by atoms with Crippen LogP contribution >= 0.6 is 12.2 Å². The Balaban J connectivity index is 1.83. The predicted octanol–water partition coefficient (Wildman–Crippen LogP) is 4.08. The van der Waals surface area contributed by atoms with Gasteiger partial charge in [0.2, 0.25) is 0 Å². The lowest BCUT2D eigenvalue weighted by Crippen LogP contribution is -2.16. The van der Waals surface area contributed by atoms with Gasteiger partial charge in [0.1, 0.15) is 4.99 Å². The predicted molar refractivity (Wildman–Crippen MR) is 90.3 cm³/mol. The molecule has 0 atom stereocenters. The third kappa shape index (κ3) is 2.63. The molecule has 0 radical (unpaired) electrons. The first-order valence-electron chi connectivity index (χ1n) is 7.31. The molecule has 3 N–H and O–H groups in total. The molecule has 2 nitrogen and oxygen atoms in total. The molecule has 1 aliphatic carbocycles. The van der Waals surface area contributed by atoms with Gasteiger partial charge in [-0.1, -0.05) is 55.7 Å². The summed E-state index contributed by atoms with van der Waals surface area (Å²) in [6.07, 6.45) is 5.49. The van der Waals surface area contributed by atoms with Crippen LogP contribution in [0.2, 0.25) is 0 Å². The summed E-state index contributed by atoms with van der Waals surface area (Å²) in [7, 11) is 0. The van der Waals surface area contributed by atoms with E-state index < -0.39 is 0 Å². The van der Waals surface area contributed by atoms with E-state index in [-0.39, 0.29) is 0 Å². The lowest BCUT2D eigenvalue weighted by atomic mass is 9.83. The van der Waals surface area contributed by atoms with Gasteiger partial charge in [0.15, 0.2) is 0 Å². The van der Waals surface area contributed by atoms with Crippen molar-refractivity contribution in [3.63, 3.8) is 0 Å². The number of rotatable bonds is 5. The van der Waals surface area contributed by atoms with E-state index in [1.807, 2.05) is 12.1 Å². The van der Waals surface area contributed by atoms with E-state index in [4.69, 9.17) is 18.0 Å². The number of benzene rings is 2. The molecule has 0 unspecified atom stereocenters. The minimum atomic E-state index is 0.460. The maximum absolute atomic E-state index is 5.81. The number of nitrogens with two attached hydrogens (primary N) is 1. The zero-order valence-corrected chi connectivity index (χ0v) is 12.4. The molecule has 3 heteroatoms. The minimum Gasteiger partial charge on any atom is -0.389 e. The molecule has 1 fully saturated rings. The van der Waals surface area contributed by atoms with E-state index in [0.29, 0.717) is 4.99 Å². The smallest absolute Gasteiger partial charge is 0.104 e. The third-order valence-corrected chi connectivity index (χ3v) is 4.50. The van der Waals surface area contributed by atoms with Gasteiger partial charge in [-0.05, 0) is 29.9 Å². The van der Waals surface area contributed by atoms with Crippen LogP contribution in [-0.2, 0) is 0 Å². The second-order valence-electron chi connectivity index (χ2n) is 5.58. The first kappa shape index (κ1) is 13.4. The molecule has 2 aromatic carbocycles. The van der Waals surface area contributed by atoms with Gasteiger partial charge >= 0.3 is 0 Å². The Morgan fingerprint density at radius 3 is 2.55 bits per heavy atom. The van der Waals surface area contributed by atoms with Crippen LogP contribution in [0, 0.1) is 5.92 Å². The lowest BCUT2D eigenvalue weighted by Gasteiger charge is -2.25. The Kier molecular flexibility index (Phi) is 3.88. The summed E-state index contributed by atoms with van der Waals surface area (Å²) < 4.78 is 0. The summed E-state index contributed by atoms with van der Waals surface area (Å²) in [5.74, 6) is 0.935. The molecule has 0 amide bonds. The van der Waals surface area contributed by atoms with E-state index >= 15 is 0 Å². The highest BCUT2D eigenvalue weighted by molar-refractivity contribution is 7.80. The average Bonchev–Trinajstić information content (AvgIpc) is 2.41. The fourth-order valence-corrected chi connectivity index (χ4v) is 3.04. The summed E-state index contributed by atoms with van der Waals surface area (Å²) in [4.78, 5) is 0.460. The molecule has 3 rings (SSSR count). The van der Waals surface area contributed by atoms with E-state index in [0.717, 1.165) is 23.4 Å². The molecule has 1 aliphatic rings. The van der Waals surface area contributed by atoms with Gasteiger partial charge in [-0.15, -0.1) is 0 Å². The van der Waals surface area contributed by atoms with Crippen LogP contribution in [0.4, 0.5) is 5.69 Å². The monoisotopic (exact) mass is 284 g/mol. The zero-order valence-electron chi connectivity index (χ0n) is 11.6. The highest BCUT2D eigenvalue weighted by Crippen LogP contribution is 2.30. The Hall–Kier alpha value is -1.61. The van der Waals surface area contributed by atoms with Crippen LogP contribution in [0.25, 0.3) is 10.8 Å². The Morgan fingerprint density at radius 1 is 1.15 bits per heavy atom. The highest BCUT2D eigenvalue weighted by atomic mass is 32.1. The fourth-order valence-electron chi connectivity index (χ4n) is 2.86. The van der Waals surface area contributed by atoms with Gasteiger partial charge in [-0.25, -0.2) is 0 Å². The number of fused-ring (bicyclic) bond motifs is 1. The number of anilines is 1. The molecule has 0 spiro atoms. The van der Waals surface area contributed by atoms with Crippen molar-refractivity contribution in [2.75, 3.05) is 11.9 Å². The minimum absolute atomic E-state index is 0.460. The average molecular weight is 284 g/mol. The van der Waals surface area contributed by atoms with Gasteiger partial charge in [0, 0.05) is 23.2 Å². The van der Waals surface area contributed by atoms with Gasteiger partial charge < -0.3 is 11.1 Å². The molecule has 1 saturated carbocycles. The maximum Gasteiger partial charge on any atom is 0.104 e. The van der Waals surface area contributed by atoms with Crippen LogP contribution in [0.5, 0.6) is 0 Å². The molecular formula is C17H20N2S. The van der Waals surface area contributed by atoms with Crippen LogP contribution in [-0.4, -0.2) is 11.5 Å². The fraction of sp³-hybridized carbons (Fsp3) is 0.353. The Labute approximate surface area is 125 Å². The topological polar surface area (TPSA) is 38.0 Å². The molecule has 0 aromatic heterocycles. The van der Waals surface area contributed by atoms with Crippen molar-refractivity contribution >= 4 is 33.7 Å². The second kappa shape index (κ2) is 5.80. The maximum atomic E-state index is 5.81. The summed E-state index contributed by atoms with van der Waals surface area (Å²) >= 11 is 5.14. The third-order valence-electron chi connectivity index (χ3n) is 4.28. The molecule has 0 bridgehead atoms. The van der Waals surface area contributed by atoms with E-state index in [2.05, 4.69) is 29.6 Å². The van der Waals surface area contributed by atoms with Crippen molar-refractivity contribution in [3.05, 3.63) is 42.0 Å². The largest absolute Gasteiger partial charge is 0.389 e. The Morgan fingerprint density at radius 2 is 1.90 bits per heavy atom. The van der Waals surface area contributed by atoms with Crippen LogP contribution in [0.1, 0.15) is 31.2 Å². The van der Waals surface area contributed by atoms with Crippen molar-refractivity contribution in [2.24, 2.45) is 11.7 Å². The lowest BCUT2D eigenvalue weighted by molar-refractivity contribution is 0.303. The van der Waals surface area contributed by atoms with Crippen LogP contribution < -0.4 is 11.1 Å².